The van der Waals surface area contributed by atoms with Gasteiger partial charge in [-0.1, -0.05) is 0 Å². The Hall–Kier alpha value is -1.10. The van der Waals surface area contributed by atoms with Crippen molar-refractivity contribution in [2.75, 3.05) is 6.26 Å². The molecule has 5 heteroatoms. The van der Waals surface area contributed by atoms with Crippen molar-refractivity contribution in [3.63, 3.8) is 0 Å². The predicted molar refractivity (Wildman–Crippen MR) is 39.3 cm³/mol. The summed E-state index contributed by atoms with van der Waals surface area (Å²) >= 11 is 0. The quantitative estimate of drug-likeness (QED) is 0.651. The zero-order chi connectivity index (χ0) is 8.48. The van der Waals surface area contributed by atoms with Gasteiger partial charge in [0, 0.05) is 6.26 Å². The van der Waals surface area contributed by atoms with E-state index in [9.17, 15) is 13.2 Å². The highest BCUT2D eigenvalue weighted by Gasteiger charge is 2.08. The number of aldehydes is 1. The average Bonchev–Trinajstić information content (AvgIpc) is 2.32. The Labute approximate surface area is 64.2 Å². The first-order chi connectivity index (χ1) is 5.04. The minimum atomic E-state index is -3.21. The SMILES string of the molecule is CS(=O)(=O)c1ccc(C=O)[nH]1. The number of carbonyl (C=O) groups is 1. The lowest BCUT2D eigenvalue weighted by molar-refractivity contribution is 0.111. The molecule has 1 aromatic rings. The van der Waals surface area contributed by atoms with Crippen LogP contribution in [-0.4, -0.2) is 25.9 Å². The monoisotopic (exact) mass is 173 g/mol. The van der Waals surface area contributed by atoms with E-state index in [0.29, 0.717) is 6.29 Å². The molecule has 0 saturated carbocycles. The lowest BCUT2D eigenvalue weighted by atomic mass is 10.5. The van der Waals surface area contributed by atoms with Crippen molar-refractivity contribution in [1.29, 1.82) is 0 Å². The van der Waals surface area contributed by atoms with E-state index in [0.717, 1.165) is 6.26 Å². The molecule has 0 atom stereocenters. The Bertz CT molecular complexity index is 363. The molecule has 0 bridgehead atoms. The summed E-state index contributed by atoms with van der Waals surface area (Å²) in [5.74, 6) is 0. The Kier molecular flexibility index (Phi) is 1.82. The standard InChI is InChI=1S/C6H7NO3S/c1-11(9,10)6-3-2-5(4-8)7-6/h2-4,7H,1H3. The van der Waals surface area contributed by atoms with E-state index in [2.05, 4.69) is 4.98 Å². The van der Waals surface area contributed by atoms with Gasteiger partial charge in [-0.05, 0) is 12.1 Å². The third-order valence-electron chi connectivity index (χ3n) is 1.21. The van der Waals surface area contributed by atoms with Gasteiger partial charge in [-0.25, -0.2) is 8.42 Å². The second-order valence-corrected chi connectivity index (χ2v) is 4.15. The van der Waals surface area contributed by atoms with Crippen LogP contribution in [0.2, 0.25) is 0 Å². The minimum absolute atomic E-state index is 0.0691. The molecule has 0 radical (unpaired) electrons. The number of sulfone groups is 1. The molecule has 0 aliphatic carbocycles. The first-order valence-electron chi connectivity index (χ1n) is 2.88. The molecule has 0 aliphatic rings. The lowest BCUT2D eigenvalue weighted by Crippen LogP contribution is -1.97. The molecule has 11 heavy (non-hydrogen) atoms. The summed E-state index contributed by atoms with van der Waals surface area (Å²) in [6, 6.07) is 2.78. The van der Waals surface area contributed by atoms with Crippen LogP contribution in [0.25, 0.3) is 0 Å². The maximum atomic E-state index is 10.8. The second kappa shape index (κ2) is 2.50. The second-order valence-electron chi connectivity index (χ2n) is 2.17. The highest BCUT2D eigenvalue weighted by Crippen LogP contribution is 2.06. The van der Waals surface area contributed by atoms with Gasteiger partial charge in [-0.2, -0.15) is 0 Å². The molecule has 0 amide bonds. The molecule has 1 N–H and O–H groups in total. The molecule has 0 saturated heterocycles. The van der Waals surface area contributed by atoms with Crippen molar-refractivity contribution in [2.24, 2.45) is 0 Å². The number of aromatic nitrogens is 1. The van der Waals surface area contributed by atoms with Crippen molar-refractivity contribution < 1.29 is 13.2 Å². The van der Waals surface area contributed by atoms with E-state index in [1.807, 2.05) is 0 Å². The van der Waals surface area contributed by atoms with Crippen LogP contribution in [0.4, 0.5) is 0 Å². The van der Waals surface area contributed by atoms with Gasteiger partial charge in [0.1, 0.15) is 5.03 Å². The maximum absolute atomic E-state index is 10.8. The molecule has 1 aromatic heterocycles. The van der Waals surface area contributed by atoms with Crippen LogP contribution in [0.3, 0.4) is 0 Å². The molecular weight excluding hydrogens is 166 g/mol. The van der Waals surface area contributed by atoms with Crippen molar-refractivity contribution in [2.45, 2.75) is 5.03 Å². The van der Waals surface area contributed by atoms with Gasteiger partial charge in [0.15, 0.2) is 16.1 Å². The van der Waals surface area contributed by atoms with Crippen molar-refractivity contribution in [3.8, 4) is 0 Å². The number of carbonyl (C=O) groups excluding carboxylic acids is 1. The molecule has 0 aromatic carbocycles. The first kappa shape index (κ1) is 8.00. The number of H-pyrrole nitrogens is 1. The van der Waals surface area contributed by atoms with E-state index in [-0.39, 0.29) is 10.7 Å². The number of nitrogens with one attached hydrogen (secondary N) is 1. The van der Waals surface area contributed by atoms with Crippen LogP contribution in [0.15, 0.2) is 17.2 Å². The highest BCUT2D eigenvalue weighted by molar-refractivity contribution is 7.90. The van der Waals surface area contributed by atoms with E-state index in [4.69, 9.17) is 0 Å². The number of hydrogen-bond donors (Lipinski definition) is 1. The van der Waals surface area contributed by atoms with E-state index < -0.39 is 9.84 Å². The van der Waals surface area contributed by atoms with Crippen LogP contribution in [0.1, 0.15) is 10.5 Å². The number of rotatable bonds is 2. The van der Waals surface area contributed by atoms with Crippen LogP contribution >= 0.6 is 0 Å². The molecule has 0 fully saturated rings. The maximum Gasteiger partial charge on any atom is 0.190 e. The molecule has 1 rings (SSSR count). The first-order valence-corrected chi connectivity index (χ1v) is 4.77. The summed E-state index contributed by atoms with van der Waals surface area (Å²) in [6.45, 7) is 0. The lowest BCUT2D eigenvalue weighted by Gasteiger charge is -1.89. The molecule has 0 aliphatic heterocycles. The zero-order valence-electron chi connectivity index (χ0n) is 5.87. The Balaban J connectivity index is 3.18. The summed E-state index contributed by atoms with van der Waals surface area (Å²) in [5, 5.41) is 0.0691. The summed E-state index contributed by atoms with van der Waals surface area (Å²) < 4.78 is 21.6. The normalized spacial score (nSPS) is 11.4. The van der Waals surface area contributed by atoms with Crippen LogP contribution in [0, 0.1) is 0 Å². The highest BCUT2D eigenvalue weighted by atomic mass is 32.2. The van der Waals surface area contributed by atoms with Gasteiger partial charge in [0.05, 0.1) is 5.69 Å². The molecular formula is C6H7NO3S. The van der Waals surface area contributed by atoms with Crippen LogP contribution in [0.5, 0.6) is 0 Å². The third kappa shape index (κ3) is 1.68. The Morgan fingerprint density at radius 1 is 1.45 bits per heavy atom. The van der Waals surface area contributed by atoms with E-state index in [1.54, 1.807) is 0 Å². The smallest absolute Gasteiger partial charge is 0.190 e. The molecule has 0 unspecified atom stereocenters. The molecule has 4 nitrogen and oxygen atoms in total. The Morgan fingerprint density at radius 3 is 2.36 bits per heavy atom. The van der Waals surface area contributed by atoms with Gasteiger partial charge in [0.2, 0.25) is 0 Å². The predicted octanol–water partition coefficient (Wildman–Crippen LogP) is 0.231. The molecule has 1 heterocycles. The van der Waals surface area contributed by atoms with Gasteiger partial charge in [-0.15, -0.1) is 0 Å². The fraction of sp³-hybridized carbons (Fsp3) is 0.167. The average molecular weight is 173 g/mol. The molecule has 60 valence electrons. The summed E-state index contributed by atoms with van der Waals surface area (Å²) in [6.07, 6.45) is 1.64. The molecule has 0 spiro atoms. The summed E-state index contributed by atoms with van der Waals surface area (Å²) in [4.78, 5) is 12.6. The van der Waals surface area contributed by atoms with Crippen molar-refractivity contribution in [1.82, 2.24) is 4.98 Å². The zero-order valence-corrected chi connectivity index (χ0v) is 6.68. The number of hydrogen-bond acceptors (Lipinski definition) is 3. The van der Waals surface area contributed by atoms with Gasteiger partial charge in [-0.3, -0.25) is 4.79 Å². The van der Waals surface area contributed by atoms with Gasteiger partial charge >= 0.3 is 0 Å². The fourth-order valence-electron chi connectivity index (χ4n) is 0.676. The Morgan fingerprint density at radius 2 is 2.09 bits per heavy atom. The van der Waals surface area contributed by atoms with Crippen molar-refractivity contribution >= 4 is 16.1 Å². The van der Waals surface area contributed by atoms with Gasteiger partial charge in [0.25, 0.3) is 0 Å². The fourth-order valence-corrected chi connectivity index (χ4v) is 1.29. The van der Waals surface area contributed by atoms with Crippen LogP contribution in [-0.2, 0) is 9.84 Å². The number of aromatic amines is 1. The third-order valence-corrected chi connectivity index (χ3v) is 2.25. The minimum Gasteiger partial charge on any atom is -0.344 e. The van der Waals surface area contributed by atoms with Crippen LogP contribution < -0.4 is 0 Å². The van der Waals surface area contributed by atoms with Gasteiger partial charge < -0.3 is 4.98 Å². The van der Waals surface area contributed by atoms with Crippen molar-refractivity contribution in [3.05, 3.63) is 17.8 Å². The summed E-state index contributed by atoms with van der Waals surface area (Å²) in [5.41, 5.74) is 0.269. The van der Waals surface area contributed by atoms with E-state index >= 15 is 0 Å². The largest absolute Gasteiger partial charge is 0.344 e. The van der Waals surface area contributed by atoms with E-state index in [1.165, 1.54) is 12.1 Å². The summed E-state index contributed by atoms with van der Waals surface area (Å²) in [7, 11) is -3.21. The topological polar surface area (TPSA) is 67.0 Å².